The van der Waals surface area contributed by atoms with Gasteiger partial charge in [-0.05, 0) is 18.6 Å². The third-order valence-corrected chi connectivity index (χ3v) is 1.40. The zero-order valence-electron chi connectivity index (χ0n) is 7.94. The molecule has 0 aliphatic carbocycles. The number of phenols is 1. The minimum absolute atomic E-state index is 0.0424. The molecule has 0 radical (unpaired) electrons. The van der Waals surface area contributed by atoms with E-state index in [-0.39, 0.29) is 11.4 Å². The van der Waals surface area contributed by atoms with Crippen LogP contribution in [0.15, 0.2) is 18.2 Å². The highest BCUT2D eigenvalue weighted by Gasteiger charge is 2.06. The van der Waals surface area contributed by atoms with Gasteiger partial charge >= 0.3 is 0 Å². The predicted molar refractivity (Wildman–Crippen MR) is 50.8 cm³/mol. The normalized spacial score (nSPS) is 8.54. The van der Waals surface area contributed by atoms with Gasteiger partial charge in [-0.3, -0.25) is 10.1 Å². The molecule has 4 heteroatoms. The molecule has 0 bridgehead atoms. The number of nitro groups is 1. The summed E-state index contributed by atoms with van der Waals surface area (Å²) in [4.78, 5) is 9.62. The summed E-state index contributed by atoms with van der Waals surface area (Å²) in [6.45, 7) is 5.68. The summed E-state index contributed by atoms with van der Waals surface area (Å²) >= 11 is 0. The number of hydrogen-bond donors (Lipinski definition) is 1. The summed E-state index contributed by atoms with van der Waals surface area (Å²) in [7, 11) is 0. The zero-order valence-corrected chi connectivity index (χ0v) is 7.94. The number of aromatic hydroxyl groups is 1. The number of nitrogens with zero attached hydrogens (tertiary/aromatic N) is 1. The van der Waals surface area contributed by atoms with Crippen molar-refractivity contribution in [2.75, 3.05) is 0 Å². The Morgan fingerprint density at radius 1 is 1.38 bits per heavy atom. The quantitative estimate of drug-likeness (QED) is 0.537. The van der Waals surface area contributed by atoms with E-state index in [9.17, 15) is 10.1 Å². The van der Waals surface area contributed by atoms with Crippen molar-refractivity contribution in [1.29, 1.82) is 0 Å². The molecule has 0 aliphatic heterocycles. The zero-order chi connectivity index (χ0) is 10.4. The summed E-state index contributed by atoms with van der Waals surface area (Å²) in [6.07, 6.45) is 0. The van der Waals surface area contributed by atoms with Crippen LogP contribution >= 0.6 is 0 Å². The SMILES string of the molecule is CC.Cc1ccc([N+](=O)[O-])cc1O. The third-order valence-electron chi connectivity index (χ3n) is 1.40. The number of aryl methyl sites for hydroxylation is 1. The van der Waals surface area contributed by atoms with Crippen LogP contribution in [0.2, 0.25) is 0 Å². The standard InChI is InChI=1S/C7H7NO3.C2H6/c1-5-2-3-6(8(10)11)4-7(5)9;1-2/h2-4,9H,1H3;1-2H3. The summed E-state index contributed by atoms with van der Waals surface area (Å²) in [6, 6.07) is 4.00. The van der Waals surface area contributed by atoms with E-state index in [0.717, 1.165) is 6.07 Å². The van der Waals surface area contributed by atoms with E-state index in [1.165, 1.54) is 12.1 Å². The van der Waals surface area contributed by atoms with E-state index in [4.69, 9.17) is 5.11 Å². The molecule has 0 fully saturated rings. The first-order chi connectivity index (χ1) is 6.11. The smallest absolute Gasteiger partial charge is 0.273 e. The van der Waals surface area contributed by atoms with Crippen molar-refractivity contribution in [1.82, 2.24) is 0 Å². The van der Waals surface area contributed by atoms with Crippen molar-refractivity contribution < 1.29 is 10.0 Å². The Morgan fingerprint density at radius 3 is 2.31 bits per heavy atom. The largest absolute Gasteiger partial charge is 0.507 e. The molecular formula is C9H13NO3. The van der Waals surface area contributed by atoms with Gasteiger partial charge in [0.1, 0.15) is 5.75 Å². The third kappa shape index (κ3) is 3.11. The van der Waals surface area contributed by atoms with Gasteiger partial charge in [-0.25, -0.2) is 0 Å². The van der Waals surface area contributed by atoms with Crippen LogP contribution in [0.4, 0.5) is 5.69 Å². The molecule has 72 valence electrons. The van der Waals surface area contributed by atoms with Gasteiger partial charge in [0.2, 0.25) is 0 Å². The summed E-state index contributed by atoms with van der Waals surface area (Å²) < 4.78 is 0. The van der Waals surface area contributed by atoms with Crippen molar-refractivity contribution in [3.8, 4) is 5.75 Å². The maximum Gasteiger partial charge on any atom is 0.273 e. The molecule has 1 aromatic carbocycles. The van der Waals surface area contributed by atoms with Gasteiger partial charge < -0.3 is 5.11 Å². The van der Waals surface area contributed by atoms with Gasteiger partial charge in [0.05, 0.1) is 11.0 Å². The fraction of sp³-hybridized carbons (Fsp3) is 0.333. The number of benzene rings is 1. The Bertz CT molecular complexity index is 297. The summed E-state index contributed by atoms with van der Waals surface area (Å²) in [5, 5.41) is 19.2. The van der Waals surface area contributed by atoms with Crippen LogP contribution in [0.3, 0.4) is 0 Å². The Labute approximate surface area is 77.0 Å². The van der Waals surface area contributed by atoms with Gasteiger partial charge in [0.25, 0.3) is 5.69 Å². The van der Waals surface area contributed by atoms with Crippen molar-refractivity contribution >= 4 is 5.69 Å². The Hall–Kier alpha value is -1.58. The van der Waals surface area contributed by atoms with Crippen LogP contribution < -0.4 is 0 Å². The molecule has 13 heavy (non-hydrogen) atoms. The van der Waals surface area contributed by atoms with Gasteiger partial charge in [-0.2, -0.15) is 0 Å². The molecule has 0 spiro atoms. The second-order valence-corrected chi connectivity index (χ2v) is 2.23. The molecule has 0 atom stereocenters. The van der Waals surface area contributed by atoms with E-state index < -0.39 is 4.92 Å². The van der Waals surface area contributed by atoms with Crippen molar-refractivity contribution in [2.24, 2.45) is 0 Å². The lowest BCUT2D eigenvalue weighted by atomic mass is 10.2. The van der Waals surface area contributed by atoms with Crippen LogP contribution in [0.25, 0.3) is 0 Å². The van der Waals surface area contributed by atoms with Crippen molar-refractivity contribution in [2.45, 2.75) is 20.8 Å². The van der Waals surface area contributed by atoms with E-state index in [2.05, 4.69) is 0 Å². The lowest BCUT2D eigenvalue weighted by molar-refractivity contribution is -0.384. The predicted octanol–water partition coefficient (Wildman–Crippen LogP) is 2.64. The van der Waals surface area contributed by atoms with Gasteiger partial charge in [-0.1, -0.05) is 13.8 Å². The number of phenolic OH excluding ortho intramolecular Hbond substituents is 1. The van der Waals surface area contributed by atoms with E-state index >= 15 is 0 Å². The first kappa shape index (κ1) is 11.4. The Balaban J connectivity index is 0.000000671. The molecule has 0 amide bonds. The molecule has 0 saturated carbocycles. The second-order valence-electron chi connectivity index (χ2n) is 2.23. The minimum Gasteiger partial charge on any atom is -0.507 e. The molecule has 1 N–H and O–H groups in total. The number of hydrogen-bond acceptors (Lipinski definition) is 3. The second kappa shape index (κ2) is 5.13. The minimum atomic E-state index is -0.542. The van der Waals surface area contributed by atoms with Crippen LogP contribution in [0.1, 0.15) is 19.4 Å². The van der Waals surface area contributed by atoms with Gasteiger partial charge in [-0.15, -0.1) is 0 Å². The van der Waals surface area contributed by atoms with Crippen molar-refractivity contribution in [3.05, 3.63) is 33.9 Å². The average molecular weight is 183 g/mol. The summed E-state index contributed by atoms with van der Waals surface area (Å²) in [5.41, 5.74) is 0.545. The number of rotatable bonds is 1. The van der Waals surface area contributed by atoms with E-state index in [0.29, 0.717) is 5.56 Å². The maximum absolute atomic E-state index is 10.2. The highest BCUT2D eigenvalue weighted by molar-refractivity contribution is 5.42. The molecule has 1 rings (SSSR count). The highest BCUT2D eigenvalue weighted by Crippen LogP contribution is 2.21. The molecule has 0 heterocycles. The highest BCUT2D eigenvalue weighted by atomic mass is 16.6. The average Bonchev–Trinajstić information content (AvgIpc) is 2.13. The number of nitro benzene ring substituents is 1. The van der Waals surface area contributed by atoms with Crippen LogP contribution in [-0.2, 0) is 0 Å². The maximum atomic E-state index is 10.2. The first-order valence-electron chi connectivity index (χ1n) is 4.05. The molecule has 0 saturated heterocycles. The monoisotopic (exact) mass is 183 g/mol. The molecule has 4 nitrogen and oxygen atoms in total. The van der Waals surface area contributed by atoms with Crippen molar-refractivity contribution in [3.63, 3.8) is 0 Å². The number of non-ortho nitro benzene ring substituents is 1. The molecular weight excluding hydrogens is 170 g/mol. The Kier molecular flexibility index (Phi) is 4.51. The fourth-order valence-electron chi connectivity index (χ4n) is 0.711. The van der Waals surface area contributed by atoms with Crippen LogP contribution in [-0.4, -0.2) is 10.0 Å². The Morgan fingerprint density at radius 2 is 1.92 bits per heavy atom. The van der Waals surface area contributed by atoms with E-state index in [1.54, 1.807) is 6.92 Å². The van der Waals surface area contributed by atoms with Gasteiger partial charge in [0.15, 0.2) is 0 Å². The lowest BCUT2D eigenvalue weighted by Crippen LogP contribution is -1.87. The topological polar surface area (TPSA) is 63.4 Å². The lowest BCUT2D eigenvalue weighted by Gasteiger charge is -1.95. The molecule has 1 aromatic rings. The van der Waals surface area contributed by atoms with Gasteiger partial charge in [0, 0.05) is 6.07 Å². The van der Waals surface area contributed by atoms with Crippen LogP contribution in [0.5, 0.6) is 5.75 Å². The van der Waals surface area contributed by atoms with Crippen LogP contribution in [0, 0.1) is 17.0 Å². The molecule has 0 unspecified atom stereocenters. The van der Waals surface area contributed by atoms with E-state index in [1.807, 2.05) is 13.8 Å². The summed E-state index contributed by atoms with van der Waals surface area (Å²) in [5.74, 6) is -0.0424. The molecule has 0 aromatic heterocycles. The first-order valence-corrected chi connectivity index (χ1v) is 4.05. The fourth-order valence-corrected chi connectivity index (χ4v) is 0.711. The molecule has 0 aliphatic rings.